The topological polar surface area (TPSA) is 237 Å². The molecular weight excluding hydrogens is 1150 g/mol. The number of carbonyl (C=O) groups excluding carboxylic acids is 4. The summed E-state index contributed by atoms with van der Waals surface area (Å²) in [5.74, 6) is 0.877. The highest BCUT2D eigenvalue weighted by Gasteiger charge is 2.30. The zero-order valence-electron chi connectivity index (χ0n) is 56.6. The Morgan fingerprint density at radius 3 is 0.816 bits per heavy atom. The molecule has 0 aromatic heterocycles. The first-order valence-electron chi connectivity index (χ1n) is 35.3. The molecule has 0 aromatic rings. The number of carbonyl (C=O) groups is 4. The summed E-state index contributed by atoms with van der Waals surface area (Å²) in [5.41, 5.74) is 0. The van der Waals surface area contributed by atoms with Crippen molar-refractivity contribution in [3.05, 3.63) is 0 Å². The number of aliphatic hydroxyl groups is 1. The summed E-state index contributed by atoms with van der Waals surface area (Å²) in [6.45, 7) is 14.1. The minimum Gasteiger partial charge on any atom is -0.462 e. The van der Waals surface area contributed by atoms with Gasteiger partial charge in [-0.3, -0.25) is 37.3 Å². The Bertz CT molecular complexity index is 1740. The van der Waals surface area contributed by atoms with Crippen molar-refractivity contribution < 1.29 is 80.2 Å². The highest BCUT2D eigenvalue weighted by molar-refractivity contribution is 7.47. The smallest absolute Gasteiger partial charge is 0.462 e. The van der Waals surface area contributed by atoms with Gasteiger partial charge in [0.25, 0.3) is 0 Å². The van der Waals surface area contributed by atoms with E-state index in [9.17, 15) is 43.2 Å². The molecule has 516 valence electrons. The van der Waals surface area contributed by atoms with Gasteiger partial charge >= 0.3 is 39.5 Å². The fourth-order valence-corrected chi connectivity index (χ4v) is 11.6. The number of rotatable bonds is 65. The van der Waals surface area contributed by atoms with Crippen molar-refractivity contribution in [3.8, 4) is 0 Å². The van der Waals surface area contributed by atoms with Crippen molar-refractivity contribution in [2.45, 2.75) is 350 Å². The fourth-order valence-electron chi connectivity index (χ4n) is 10.0. The average molecular weight is 1280 g/mol. The van der Waals surface area contributed by atoms with Crippen LogP contribution in [0.4, 0.5) is 0 Å². The first kappa shape index (κ1) is 85.1. The summed E-state index contributed by atoms with van der Waals surface area (Å²) >= 11 is 0. The van der Waals surface area contributed by atoms with E-state index in [1.165, 1.54) is 128 Å². The first-order chi connectivity index (χ1) is 41.7. The second-order valence-corrected chi connectivity index (χ2v) is 28.7. The van der Waals surface area contributed by atoms with Gasteiger partial charge < -0.3 is 33.8 Å². The Kier molecular flexibility index (Phi) is 56.6. The van der Waals surface area contributed by atoms with E-state index in [0.717, 1.165) is 120 Å². The van der Waals surface area contributed by atoms with Gasteiger partial charge in [0.2, 0.25) is 0 Å². The van der Waals surface area contributed by atoms with Crippen LogP contribution in [0.3, 0.4) is 0 Å². The fraction of sp³-hybridized carbons (Fsp3) is 0.941. The van der Waals surface area contributed by atoms with Crippen LogP contribution in [-0.4, -0.2) is 96.7 Å². The molecule has 0 aromatic carbocycles. The summed E-state index contributed by atoms with van der Waals surface area (Å²) in [5, 5.41) is 10.6. The van der Waals surface area contributed by atoms with Crippen molar-refractivity contribution in [1.29, 1.82) is 0 Å². The van der Waals surface area contributed by atoms with Crippen LogP contribution in [0, 0.1) is 23.7 Å². The molecule has 0 amide bonds. The summed E-state index contributed by atoms with van der Waals surface area (Å²) in [4.78, 5) is 72.4. The Labute approximate surface area is 530 Å². The molecule has 19 heteroatoms. The molecule has 0 bridgehead atoms. The van der Waals surface area contributed by atoms with Crippen LogP contribution in [0.2, 0.25) is 0 Å². The van der Waals surface area contributed by atoms with Gasteiger partial charge in [0.1, 0.15) is 19.3 Å². The van der Waals surface area contributed by atoms with E-state index in [0.29, 0.717) is 25.7 Å². The molecule has 8 atom stereocenters. The standard InChI is InChI=1S/C68H132O17P2/c1-9-59(6)45-37-29-21-17-13-15-18-22-32-40-48-65(70)78-54-64(85-68(73)51-43-35-27-25-31-39-47-61(8)11-3)57-83-87(76,77)81-53-62(69)52-80-86(74,75)82-56-63(55-79-66(71)49-41-33-26-24-30-38-46-60(7)10-2)84-67(72)50-42-34-23-19-14-12-16-20-28-36-44-58(4)5/h58-64,69H,9-57H2,1-8H3,(H,74,75)(H,76,77)/t59?,60?,61?,62-,63+,64+/m0/s1. The lowest BCUT2D eigenvalue weighted by molar-refractivity contribution is -0.161. The normalized spacial score (nSPS) is 15.3. The molecule has 0 aliphatic carbocycles. The monoisotopic (exact) mass is 1280 g/mol. The zero-order chi connectivity index (χ0) is 64.7. The molecule has 0 heterocycles. The molecule has 0 saturated heterocycles. The van der Waals surface area contributed by atoms with E-state index in [-0.39, 0.29) is 25.7 Å². The minimum atomic E-state index is -4.95. The lowest BCUT2D eigenvalue weighted by Crippen LogP contribution is -2.30. The van der Waals surface area contributed by atoms with Crippen LogP contribution in [-0.2, 0) is 65.4 Å². The Hall–Kier alpha value is -1.94. The van der Waals surface area contributed by atoms with E-state index in [1.54, 1.807) is 0 Å². The lowest BCUT2D eigenvalue weighted by Gasteiger charge is -2.21. The summed E-state index contributed by atoms with van der Waals surface area (Å²) in [6, 6.07) is 0. The van der Waals surface area contributed by atoms with E-state index >= 15 is 0 Å². The summed E-state index contributed by atoms with van der Waals surface area (Å²) < 4.78 is 68.2. The summed E-state index contributed by atoms with van der Waals surface area (Å²) in [6.07, 6.45) is 38.9. The molecule has 0 aliphatic rings. The molecule has 87 heavy (non-hydrogen) atoms. The second kappa shape index (κ2) is 57.9. The van der Waals surface area contributed by atoms with E-state index in [4.69, 9.17) is 37.0 Å². The minimum absolute atomic E-state index is 0.102. The van der Waals surface area contributed by atoms with Crippen molar-refractivity contribution in [2.24, 2.45) is 23.7 Å². The van der Waals surface area contributed by atoms with Crippen LogP contribution < -0.4 is 0 Å². The maximum atomic E-state index is 13.0. The number of esters is 4. The van der Waals surface area contributed by atoms with Gasteiger partial charge in [0, 0.05) is 25.7 Å². The zero-order valence-corrected chi connectivity index (χ0v) is 58.4. The molecule has 0 aliphatic heterocycles. The molecule has 0 fully saturated rings. The van der Waals surface area contributed by atoms with Crippen LogP contribution >= 0.6 is 15.6 Å². The van der Waals surface area contributed by atoms with E-state index in [2.05, 4.69) is 55.4 Å². The lowest BCUT2D eigenvalue weighted by atomic mass is 9.99. The number of hydrogen-bond donors (Lipinski definition) is 3. The molecular formula is C68H132O17P2. The number of hydrogen-bond acceptors (Lipinski definition) is 15. The van der Waals surface area contributed by atoms with Gasteiger partial charge in [-0.2, -0.15) is 0 Å². The number of phosphoric acid groups is 2. The Balaban J connectivity index is 5.25. The third-order valence-corrected chi connectivity index (χ3v) is 18.6. The van der Waals surface area contributed by atoms with Gasteiger partial charge in [-0.05, 0) is 49.4 Å². The predicted molar refractivity (Wildman–Crippen MR) is 349 cm³/mol. The average Bonchev–Trinajstić information content (AvgIpc) is 3.66. The SMILES string of the molecule is CCC(C)CCCCCCCCCCCCC(=O)OC[C@H](COP(=O)(O)OC[C@@H](O)COP(=O)(O)OC[C@@H](COC(=O)CCCCCCCCC(C)CC)OC(=O)CCCCCCCCCCCCC(C)C)OC(=O)CCCCCCCCC(C)CC. The molecule has 0 rings (SSSR count). The van der Waals surface area contributed by atoms with Gasteiger partial charge in [-0.1, -0.05) is 280 Å². The molecule has 0 radical (unpaired) electrons. The van der Waals surface area contributed by atoms with Crippen molar-refractivity contribution in [1.82, 2.24) is 0 Å². The first-order valence-corrected chi connectivity index (χ1v) is 38.3. The van der Waals surface area contributed by atoms with Crippen molar-refractivity contribution in [3.63, 3.8) is 0 Å². The molecule has 17 nitrogen and oxygen atoms in total. The largest absolute Gasteiger partial charge is 0.472 e. The molecule has 3 N–H and O–H groups in total. The van der Waals surface area contributed by atoms with Gasteiger partial charge in [-0.25, -0.2) is 9.13 Å². The van der Waals surface area contributed by atoms with Crippen LogP contribution in [0.25, 0.3) is 0 Å². The van der Waals surface area contributed by atoms with Crippen molar-refractivity contribution in [2.75, 3.05) is 39.6 Å². The van der Waals surface area contributed by atoms with E-state index < -0.39 is 97.5 Å². The highest BCUT2D eigenvalue weighted by atomic mass is 31.2. The maximum absolute atomic E-state index is 13.0. The second-order valence-electron chi connectivity index (χ2n) is 25.8. The summed E-state index contributed by atoms with van der Waals surface area (Å²) in [7, 11) is -9.90. The third kappa shape index (κ3) is 58.9. The predicted octanol–water partition coefficient (Wildman–Crippen LogP) is 18.9. The number of phosphoric ester groups is 2. The number of ether oxygens (including phenoxy) is 4. The van der Waals surface area contributed by atoms with Gasteiger partial charge in [0.05, 0.1) is 26.4 Å². The number of unbranched alkanes of at least 4 members (excludes halogenated alkanes) is 28. The van der Waals surface area contributed by atoms with Crippen molar-refractivity contribution >= 4 is 39.5 Å². The molecule has 0 spiro atoms. The molecule has 5 unspecified atom stereocenters. The Morgan fingerprint density at radius 2 is 0.552 bits per heavy atom. The van der Waals surface area contributed by atoms with E-state index in [1.807, 2.05) is 0 Å². The van der Waals surface area contributed by atoms with Crippen LogP contribution in [0.1, 0.15) is 331 Å². The Morgan fingerprint density at radius 1 is 0.322 bits per heavy atom. The highest BCUT2D eigenvalue weighted by Crippen LogP contribution is 2.45. The molecule has 0 saturated carbocycles. The quantitative estimate of drug-likeness (QED) is 0.0222. The van der Waals surface area contributed by atoms with Gasteiger partial charge in [0.15, 0.2) is 12.2 Å². The third-order valence-electron chi connectivity index (χ3n) is 16.7. The maximum Gasteiger partial charge on any atom is 0.472 e. The van der Waals surface area contributed by atoms with Crippen LogP contribution in [0.15, 0.2) is 0 Å². The number of aliphatic hydroxyl groups excluding tert-OH is 1. The van der Waals surface area contributed by atoms with Gasteiger partial charge in [-0.15, -0.1) is 0 Å². The van der Waals surface area contributed by atoms with Crippen LogP contribution in [0.5, 0.6) is 0 Å².